The summed E-state index contributed by atoms with van der Waals surface area (Å²) < 4.78 is 1.66. The van der Waals surface area contributed by atoms with Crippen molar-refractivity contribution in [1.29, 1.82) is 0 Å². The van der Waals surface area contributed by atoms with Crippen molar-refractivity contribution in [3.8, 4) is 0 Å². The molecule has 80 valence electrons. The van der Waals surface area contributed by atoms with Gasteiger partial charge in [-0.3, -0.25) is 0 Å². The van der Waals surface area contributed by atoms with Crippen molar-refractivity contribution in [1.82, 2.24) is 0 Å². The first-order chi connectivity index (χ1) is 7.77. The van der Waals surface area contributed by atoms with Crippen LogP contribution in [0.25, 0.3) is 12.0 Å². The van der Waals surface area contributed by atoms with Crippen LogP contribution in [0.15, 0.2) is 54.7 Å². The molecule has 0 atom stereocenters. The van der Waals surface area contributed by atoms with Gasteiger partial charge in [0.2, 0.25) is 6.20 Å². The van der Waals surface area contributed by atoms with E-state index in [1.807, 2.05) is 42.5 Å². The maximum absolute atomic E-state index is 9.88. The highest BCUT2D eigenvalue weighted by atomic mass is 35.5. The quantitative estimate of drug-likeness (QED) is 0.480. The van der Waals surface area contributed by atoms with Crippen molar-refractivity contribution in [2.24, 2.45) is 0 Å². The Hall–Kier alpha value is -1.80. The Morgan fingerprint density at radius 3 is 2.44 bits per heavy atom. The van der Waals surface area contributed by atoms with Crippen LogP contribution >= 0.6 is 11.6 Å². The molecule has 1 heterocycles. The summed E-state index contributed by atoms with van der Waals surface area (Å²) in [5.41, 5.74) is 0.759. The summed E-state index contributed by atoms with van der Waals surface area (Å²) in [6, 6.07) is 14.8. The predicted molar refractivity (Wildman–Crippen MR) is 64.9 cm³/mol. The molecule has 0 amide bonds. The monoisotopic (exact) mass is 232 g/mol. The molecule has 0 saturated heterocycles. The molecule has 1 aromatic heterocycles. The maximum Gasteiger partial charge on any atom is 0.280 e. The van der Waals surface area contributed by atoms with Crippen LogP contribution in [0.5, 0.6) is 0 Å². The minimum absolute atomic E-state index is 0.179. The molecule has 2 rings (SSSR count). The maximum atomic E-state index is 9.88. The van der Waals surface area contributed by atoms with Gasteiger partial charge < -0.3 is 5.11 Å². The second-order valence-electron chi connectivity index (χ2n) is 3.31. The molecular formula is C13H11ClNO+. The van der Waals surface area contributed by atoms with Gasteiger partial charge in [0.15, 0.2) is 12.0 Å². The summed E-state index contributed by atoms with van der Waals surface area (Å²) in [7, 11) is 0. The number of aromatic nitrogens is 1. The average Bonchev–Trinajstić information content (AvgIpc) is 2.33. The van der Waals surface area contributed by atoms with Gasteiger partial charge in [0.05, 0.1) is 0 Å². The van der Waals surface area contributed by atoms with Crippen LogP contribution in [0.2, 0.25) is 5.15 Å². The second-order valence-corrected chi connectivity index (χ2v) is 3.70. The zero-order valence-corrected chi connectivity index (χ0v) is 9.30. The third kappa shape index (κ3) is 2.41. The molecule has 0 saturated carbocycles. The van der Waals surface area contributed by atoms with Crippen molar-refractivity contribution in [2.75, 3.05) is 0 Å². The first kappa shape index (κ1) is 10.7. The fraction of sp³-hybridized carbons (Fsp3) is 0. The summed E-state index contributed by atoms with van der Waals surface area (Å²) in [6.45, 7) is 0. The van der Waals surface area contributed by atoms with E-state index in [9.17, 15) is 5.11 Å². The molecule has 0 aliphatic carbocycles. The lowest BCUT2D eigenvalue weighted by Gasteiger charge is -1.97. The van der Waals surface area contributed by atoms with Crippen LogP contribution in [0.1, 0.15) is 5.56 Å². The van der Waals surface area contributed by atoms with Gasteiger partial charge in [0.1, 0.15) is 0 Å². The smallest absolute Gasteiger partial charge is 0.280 e. The SMILES string of the molecule is O/C(=C\[n+]1ccccc1Cl)c1ccccc1. The van der Waals surface area contributed by atoms with E-state index in [0.29, 0.717) is 5.15 Å². The van der Waals surface area contributed by atoms with Crippen molar-refractivity contribution in [3.63, 3.8) is 0 Å². The van der Waals surface area contributed by atoms with E-state index in [0.717, 1.165) is 5.56 Å². The van der Waals surface area contributed by atoms with E-state index in [1.165, 1.54) is 0 Å². The highest BCUT2D eigenvalue weighted by Gasteiger charge is 2.06. The van der Waals surface area contributed by atoms with Gasteiger partial charge in [-0.1, -0.05) is 30.3 Å². The van der Waals surface area contributed by atoms with Crippen LogP contribution < -0.4 is 4.57 Å². The molecular weight excluding hydrogens is 222 g/mol. The van der Waals surface area contributed by atoms with E-state index in [1.54, 1.807) is 23.0 Å². The highest BCUT2D eigenvalue weighted by molar-refractivity contribution is 6.28. The van der Waals surface area contributed by atoms with Gasteiger partial charge >= 0.3 is 0 Å². The van der Waals surface area contributed by atoms with Gasteiger partial charge in [-0.25, -0.2) is 0 Å². The summed E-state index contributed by atoms with van der Waals surface area (Å²) >= 11 is 5.96. The number of rotatable bonds is 2. The Balaban J connectivity index is 2.36. The number of hydrogen-bond donors (Lipinski definition) is 1. The number of benzene rings is 1. The van der Waals surface area contributed by atoms with Crippen LogP contribution in [0, 0.1) is 0 Å². The third-order valence-electron chi connectivity index (χ3n) is 2.17. The molecule has 3 heteroatoms. The van der Waals surface area contributed by atoms with E-state index in [-0.39, 0.29) is 5.76 Å². The number of aliphatic hydroxyl groups is 1. The second kappa shape index (κ2) is 4.81. The predicted octanol–water partition coefficient (Wildman–Crippen LogP) is 3.14. The van der Waals surface area contributed by atoms with Crippen LogP contribution in [-0.2, 0) is 0 Å². The Labute approximate surface area is 99.1 Å². The lowest BCUT2D eigenvalue weighted by Crippen LogP contribution is -2.26. The van der Waals surface area contributed by atoms with E-state index in [2.05, 4.69) is 0 Å². The van der Waals surface area contributed by atoms with Crippen molar-refractivity contribution in [2.45, 2.75) is 0 Å². The van der Waals surface area contributed by atoms with E-state index >= 15 is 0 Å². The number of hydrogen-bond acceptors (Lipinski definition) is 1. The van der Waals surface area contributed by atoms with Gasteiger partial charge in [-0.2, -0.15) is 4.57 Å². The first-order valence-corrected chi connectivity index (χ1v) is 5.27. The Kier molecular flexibility index (Phi) is 3.22. The van der Waals surface area contributed by atoms with Crippen molar-refractivity contribution >= 4 is 23.6 Å². The highest BCUT2D eigenvalue weighted by Crippen LogP contribution is 2.10. The number of aliphatic hydroxyl groups excluding tert-OH is 1. The third-order valence-corrected chi connectivity index (χ3v) is 2.49. The largest absolute Gasteiger partial charge is 0.502 e. The summed E-state index contributed by atoms with van der Waals surface area (Å²) in [4.78, 5) is 0. The van der Waals surface area contributed by atoms with Crippen molar-refractivity contribution < 1.29 is 9.67 Å². The zero-order valence-electron chi connectivity index (χ0n) is 8.55. The van der Waals surface area contributed by atoms with Crippen LogP contribution in [0.3, 0.4) is 0 Å². The van der Waals surface area contributed by atoms with Gasteiger partial charge in [0.25, 0.3) is 5.15 Å². The van der Waals surface area contributed by atoms with Crippen LogP contribution in [-0.4, -0.2) is 5.11 Å². The van der Waals surface area contributed by atoms with E-state index in [4.69, 9.17) is 11.6 Å². The molecule has 0 fully saturated rings. The molecule has 0 unspecified atom stereocenters. The number of halogens is 1. The molecule has 0 aliphatic heterocycles. The van der Waals surface area contributed by atoms with Gasteiger partial charge in [-0.15, -0.1) is 0 Å². The molecule has 2 nitrogen and oxygen atoms in total. The summed E-state index contributed by atoms with van der Waals surface area (Å²) in [5, 5.41) is 10.4. The molecule has 16 heavy (non-hydrogen) atoms. The Bertz CT molecular complexity index is 508. The van der Waals surface area contributed by atoms with Crippen LogP contribution in [0.4, 0.5) is 0 Å². The molecule has 1 N–H and O–H groups in total. The lowest BCUT2D eigenvalue weighted by atomic mass is 10.2. The first-order valence-electron chi connectivity index (χ1n) is 4.89. The Morgan fingerprint density at radius 2 is 1.75 bits per heavy atom. The number of pyridine rings is 1. The molecule has 0 radical (unpaired) electrons. The minimum atomic E-state index is 0.179. The molecule has 0 aliphatic rings. The average molecular weight is 233 g/mol. The zero-order chi connectivity index (χ0) is 11.4. The summed E-state index contributed by atoms with van der Waals surface area (Å²) in [5.74, 6) is 0.179. The Morgan fingerprint density at radius 1 is 1.06 bits per heavy atom. The van der Waals surface area contributed by atoms with Gasteiger partial charge in [-0.05, 0) is 17.7 Å². The van der Waals surface area contributed by atoms with Crippen molar-refractivity contribution in [3.05, 3.63) is 65.4 Å². The van der Waals surface area contributed by atoms with Gasteiger partial charge in [0, 0.05) is 17.7 Å². The fourth-order valence-corrected chi connectivity index (χ4v) is 1.53. The van der Waals surface area contributed by atoms with E-state index < -0.39 is 0 Å². The molecule has 0 bridgehead atoms. The molecule has 1 aromatic carbocycles. The fourth-order valence-electron chi connectivity index (χ4n) is 1.35. The topological polar surface area (TPSA) is 24.1 Å². The summed E-state index contributed by atoms with van der Waals surface area (Å²) in [6.07, 6.45) is 3.36. The lowest BCUT2D eigenvalue weighted by molar-refractivity contribution is -0.565. The number of nitrogens with zero attached hydrogens (tertiary/aromatic N) is 1. The molecule has 2 aromatic rings. The standard InChI is InChI=1S/C13H10ClNO/c14-13-8-4-5-9-15(13)10-12(16)11-6-2-1-3-7-11/h1-10H/p+1/b12-10-. The minimum Gasteiger partial charge on any atom is -0.502 e. The normalized spacial score (nSPS) is 11.4. The molecule has 0 spiro atoms.